The molecule has 2 heterocycles. The van der Waals surface area contributed by atoms with Crippen LogP contribution in [0.15, 0.2) is 50.4 Å². The predicted octanol–water partition coefficient (Wildman–Crippen LogP) is 2.26. The van der Waals surface area contributed by atoms with Crippen molar-refractivity contribution in [3.8, 4) is 28.8 Å². The molecule has 1 aromatic carbocycles. The van der Waals surface area contributed by atoms with Crippen LogP contribution >= 0.6 is 0 Å². The molecule has 0 radical (unpaired) electrons. The molecule has 8 nitrogen and oxygen atoms in total. The molecule has 0 amide bonds. The van der Waals surface area contributed by atoms with E-state index >= 15 is 0 Å². The number of hydrogen-bond acceptors (Lipinski definition) is 7. The molecule has 0 N–H and O–H groups in total. The second kappa shape index (κ2) is 6.10. The van der Waals surface area contributed by atoms with Crippen LogP contribution < -0.4 is 4.74 Å². The molecule has 0 unspecified atom stereocenters. The molecule has 2 aromatic heterocycles. The number of aromatic nitrogens is 2. The van der Waals surface area contributed by atoms with Gasteiger partial charge in [0.1, 0.15) is 5.75 Å². The van der Waals surface area contributed by atoms with Crippen LogP contribution in [-0.4, -0.2) is 44.1 Å². The third-order valence-electron chi connectivity index (χ3n) is 3.28. The van der Waals surface area contributed by atoms with Crippen molar-refractivity contribution in [2.75, 3.05) is 21.2 Å². The van der Waals surface area contributed by atoms with E-state index in [0.29, 0.717) is 17.1 Å². The minimum atomic E-state index is -3.66. The lowest BCUT2D eigenvalue weighted by Gasteiger charge is -2.07. The Balaban J connectivity index is 1.93. The molecule has 0 aliphatic carbocycles. The SMILES string of the molecule is COc1cccc(-c2noc(-c3ccc(S(=O)(=O)N(C)C)o3)n2)c1. The molecule has 0 saturated heterocycles. The van der Waals surface area contributed by atoms with E-state index in [2.05, 4.69) is 10.1 Å². The summed E-state index contributed by atoms with van der Waals surface area (Å²) in [5.41, 5.74) is 0.706. The van der Waals surface area contributed by atoms with E-state index in [1.807, 2.05) is 0 Å². The van der Waals surface area contributed by atoms with Crippen LogP contribution in [-0.2, 0) is 10.0 Å². The minimum absolute atomic E-state index is 0.0908. The maximum atomic E-state index is 12.0. The van der Waals surface area contributed by atoms with E-state index in [9.17, 15) is 8.42 Å². The largest absolute Gasteiger partial charge is 0.497 e. The maximum absolute atomic E-state index is 12.0. The van der Waals surface area contributed by atoms with Crippen molar-refractivity contribution in [3.05, 3.63) is 36.4 Å². The van der Waals surface area contributed by atoms with Gasteiger partial charge in [0.2, 0.25) is 10.9 Å². The van der Waals surface area contributed by atoms with Gasteiger partial charge >= 0.3 is 0 Å². The number of benzene rings is 1. The fourth-order valence-corrected chi connectivity index (χ4v) is 2.75. The molecule has 0 aliphatic rings. The number of sulfonamides is 1. The molecule has 3 rings (SSSR count). The number of furan rings is 1. The second-order valence-electron chi connectivity index (χ2n) is 5.06. The fourth-order valence-electron chi connectivity index (χ4n) is 1.96. The first kappa shape index (κ1) is 16.2. The molecular weight excluding hydrogens is 334 g/mol. The van der Waals surface area contributed by atoms with Gasteiger partial charge in [-0.2, -0.15) is 4.98 Å². The summed E-state index contributed by atoms with van der Waals surface area (Å²) in [5, 5.41) is 3.69. The topological polar surface area (TPSA) is 98.7 Å². The molecule has 0 bridgehead atoms. The minimum Gasteiger partial charge on any atom is -0.497 e. The molecule has 9 heteroatoms. The third kappa shape index (κ3) is 2.91. The Labute approximate surface area is 138 Å². The predicted molar refractivity (Wildman–Crippen MR) is 84.9 cm³/mol. The van der Waals surface area contributed by atoms with Crippen LogP contribution in [0.25, 0.3) is 23.0 Å². The van der Waals surface area contributed by atoms with Crippen LogP contribution in [0.4, 0.5) is 0 Å². The highest BCUT2D eigenvalue weighted by atomic mass is 32.2. The van der Waals surface area contributed by atoms with Crippen molar-refractivity contribution >= 4 is 10.0 Å². The Bertz CT molecular complexity index is 959. The maximum Gasteiger partial charge on any atom is 0.293 e. The molecule has 0 spiro atoms. The first-order chi connectivity index (χ1) is 11.4. The Morgan fingerprint density at radius 1 is 1.17 bits per heavy atom. The lowest BCUT2D eigenvalue weighted by molar-refractivity contribution is 0.393. The van der Waals surface area contributed by atoms with Gasteiger partial charge in [0.05, 0.1) is 7.11 Å². The summed E-state index contributed by atoms with van der Waals surface area (Å²) in [6.07, 6.45) is 0. The average Bonchev–Trinajstić information content (AvgIpc) is 3.24. The van der Waals surface area contributed by atoms with Crippen LogP contribution in [0.5, 0.6) is 5.75 Å². The summed E-state index contributed by atoms with van der Waals surface area (Å²) >= 11 is 0. The molecular formula is C15H15N3O5S. The van der Waals surface area contributed by atoms with Crippen LogP contribution in [0.3, 0.4) is 0 Å². The summed E-state index contributed by atoms with van der Waals surface area (Å²) in [6.45, 7) is 0. The summed E-state index contributed by atoms with van der Waals surface area (Å²) in [5.74, 6) is 1.28. The monoisotopic (exact) mass is 349 g/mol. The number of methoxy groups -OCH3 is 1. The normalized spacial score (nSPS) is 11.8. The van der Waals surface area contributed by atoms with E-state index in [-0.39, 0.29) is 16.7 Å². The van der Waals surface area contributed by atoms with Crippen LogP contribution in [0.1, 0.15) is 0 Å². The zero-order valence-corrected chi connectivity index (χ0v) is 14.1. The second-order valence-corrected chi connectivity index (χ2v) is 7.14. The van der Waals surface area contributed by atoms with Crippen molar-refractivity contribution in [3.63, 3.8) is 0 Å². The lowest BCUT2D eigenvalue weighted by atomic mass is 10.2. The van der Waals surface area contributed by atoms with Gasteiger partial charge in [0, 0.05) is 19.7 Å². The molecule has 0 aliphatic heterocycles. The third-order valence-corrected chi connectivity index (χ3v) is 4.97. The Kier molecular flexibility index (Phi) is 4.12. The summed E-state index contributed by atoms with van der Waals surface area (Å²) < 4.78 is 40.8. The smallest absolute Gasteiger partial charge is 0.293 e. The van der Waals surface area contributed by atoms with Gasteiger partial charge in [-0.25, -0.2) is 12.7 Å². The molecule has 24 heavy (non-hydrogen) atoms. The first-order valence-electron chi connectivity index (χ1n) is 6.92. The summed E-state index contributed by atoms with van der Waals surface area (Å²) in [7, 11) is 0.751. The number of rotatable bonds is 5. The molecule has 0 atom stereocenters. The molecule has 0 fully saturated rings. The van der Waals surface area contributed by atoms with E-state index in [4.69, 9.17) is 13.7 Å². The summed E-state index contributed by atoms with van der Waals surface area (Å²) in [6, 6.07) is 9.99. The molecule has 0 saturated carbocycles. The van der Waals surface area contributed by atoms with Gasteiger partial charge in [0.15, 0.2) is 5.76 Å². The van der Waals surface area contributed by atoms with Gasteiger partial charge < -0.3 is 13.7 Å². The van der Waals surface area contributed by atoms with Crippen LogP contribution in [0, 0.1) is 0 Å². The zero-order valence-electron chi connectivity index (χ0n) is 13.3. The van der Waals surface area contributed by atoms with Gasteiger partial charge in [-0.05, 0) is 24.3 Å². The molecule has 3 aromatic rings. The lowest BCUT2D eigenvalue weighted by Crippen LogP contribution is -2.21. The first-order valence-corrected chi connectivity index (χ1v) is 8.36. The Morgan fingerprint density at radius 3 is 2.67 bits per heavy atom. The highest BCUT2D eigenvalue weighted by Crippen LogP contribution is 2.27. The van der Waals surface area contributed by atoms with Gasteiger partial charge in [-0.1, -0.05) is 17.3 Å². The van der Waals surface area contributed by atoms with Crippen molar-refractivity contribution in [1.29, 1.82) is 0 Å². The van der Waals surface area contributed by atoms with Crippen LogP contribution in [0.2, 0.25) is 0 Å². The van der Waals surface area contributed by atoms with E-state index in [0.717, 1.165) is 4.31 Å². The van der Waals surface area contributed by atoms with Crippen molar-refractivity contribution in [1.82, 2.24) is 14.4 Å². The quantitative estimate of drug-likeness (QED) is 0.696. The Morgan fingerprint density at radius 2 is 1.96 bits per heavy atom. The molecule has 126 valence electrons. The van der Waals surface area contributed by atoms with E-state index in [1.165, 1.54) is 26.2 Å². The highest BCUT2D eigenvalue weighted by molar-refractivity contribution is 7.88. The highest BCUT2D eigenvalue weighted by Gasteiger charge is 2.23. The average molecular weight is 349 g/mol. The van der Waals surface area contributed by atoms with E-state index < -0.39 is 10.0 Å². The van der Waals surface area contributed by atoms with Gasteiger partial charge in [0.25, 0.3) is 15.9 Å². The van der Waals surface area contributed by atoms with Crippen molar-refractivity contribution < 1.29 is 22.1 Å². The van der Waals surface area contributed by atoms with Crippen molar-refractivity contribution in [2.45, 2.75) is 5.09 Å². The number of hydrogen-bond donors (Lipinski definition) is 0. The Hall–Kier alpha value is -2.65. The van der Waals surface area contributed by atoms with Gasteiger partial charge in [-0.3, -0.25) is 0 Å². The standard InChI is InChI=1S/C15H15N3O5S/c1-18(2)24(19,20)13-8-7-12(22-13)15-16-14(17-23-15)10-5-4-6-11(9-10)21-3/h4-9H,1-3H3. The number of nitrogens with zero attached hydrogens (tertiary/aromatic N) is 3. The fraction of sp³-hybridized carbons (Fsp3) is 0.200. The van der Waals surface area contributed by atoms with Crippen molar-refractivity contribution in [2.24, 2.45) is 0 Å². The summed E-state index contributed by atoms with van der Waals surface area (Å²) in [4.78, 5) is 4.23. The zero-order chi connectivity index (χ0) is 17.3. The van der Waals surface area contributed by atoms with E-state index in [1.54, 1.807) is 31.4 Å². The van der Waals surface area contributed by atoms with Gasteiger partial charge in [-0.15, -0.1) is 0 Å². The number of ether oxygens (including phenoxy) is 1.